The van der Waals surface area contributed by atoms with Crippen molar-refractivity contribution in [2.24, 2.45) is 32.3 Å². The third kappa shape index (κ3) is 8.95. The molecule has 5 aromatic rings. The number of anilines is 1. The van der Waals surface area contributed by atoms with Gasteiger partial charge in [0.05, 0.1) is 28.7 Å². The number of aromatic hydroxyl groups is 1. The second-order valence-electron chi connectivity index (χ2n) is 13.1. The Morgan fingerprint density at radius 2 is 1.43 bits per heavy atom. The molecular weight excluding hydrogens is 614 g/mol. The highest BCUT2D eigenvalue weighted by atomic mass is 16.5. The van der Waals surface area contributed by atoms with Crippen LogP contribution in [0.5, 0.6) is 5.88 Å². The Morgan fingerprint density at radius 1 is 0.776 bits per heavy atom. The number of carbonyl (C=O) groups excluding carboxylic acids is 1. The fourth-order valence-corrected chi connectivity index (χ4v) is 5.23. The smallest absolute Gasteiger partial charge is 0.340 e. The molecular formula is C39H45N7O3. The van der Waals surface area contributed by atoms with E-state index in [9.17, 15) is 9.90 Å². The molecule has 0 atom stereocenters. The van der Waals surface area contributed by atoms with Gasteiger partial charge in [-0.1, -0.05) is 82.3 Å². The predicted molar refractivity (Wildman–Crippen MR) is 196 cm³/mol. The molecule has 0 radical (unpaired) electrons. The van der Waals surface area contributed by atoms with E-state index >= 15 is 0 Å². The van der Waals surface area contributed by atoms with Crippen LogP contribution in [-0.2, 0) is 4.74 Å². The van der Waals surface area contributed by atoms with Gasteiger partial charge in [0.25, 0.3) is 0 Å². The second-order valence-corrected chi connectivity index (χ2v) is 13.1. The molecule has 0 saturated heterocycles. The molecule has 0 bridgehead atoms. The zero-order chi connectivity index (χ0) is 34.9. The first-order valence-corrected chi connectivity index (χ1v) is 16.9. The Balaban J connectivity index is 1.60. The highest BCUT2D eigenvalue weighted by molar-refractivity contribution is 5.96. The summed E-state index contributed by atoms with van der Waals surface area (Å²) < 4.78 is 7.07. The molecule has 10 heteroatoms. The lowest BCUT2D eigenvalue weighted by molar-refractivity contribution is 0.0379. The number of fused-ring (bicyclic) bond motifs is 1. The van der Waals surface area contributed by atoms with Crippen molar-refractivity contribution in [1.82, 2.24) is 9.78 Å². The van der Waals surface area contributed by atoms with Crippen LogP contribution >= 0.6 is 0 Å². The van der Waals surface area contributed by atoms with Crippen molar-refractivity contribution >= 4 is 45.3 Å². The van der Waals surface area contributed by atoms with E-state index < -0.39 is 5.97 Å². The average molecular weight is 660 g/mol. The quantitative estimate of drug-likeness (QED) is 0.0940. The SMILES string of the molecule is CC(C)CCN(CCC(C)C)c1nn(-c2cccc3ccccc23)c(O)c1/N=N/c1ccc(/N=N/c2ccccc2)c(C(=O)OC(C)C)c1. The number of azo groups is 2. The molecule has 254 valence electrons. The fraction of sp³-hybridized carbons (Fsp3) is 0.333. The number of esters is 1. The number of carbonyl (C=O) groups is 1. The van der Waals surface area contributed by atoms with Crippen LogP contribution in [0.1, 0.15) is 64.7 Å². The molecule has 0 fully saturated rings. The van der Waals surface area contributed by atoms with Gasteiger partial charge in [-0.05, 0) is 80.3 Å². The van der Waals surface area contributed by atoms with Crippen LogP contribution in [-0.4, -0.2) is 40.0 Å². The van der Waals surface area contributed by atoms with Crippen LogP contribution in [0.2, 0.25) is 0 Å². The van der Waals surface area contributed by atoms with Crippen LogP contribution in [0.25, 0.3) is 16.5 Å². The van der Waals surface area contributed by atoms with E-state index in [1.165, 1.54) is 0 Å². The predicted octanol–water partition coefficient (Wildman–Crippen LogP) is 11.0. The molecule has 0 unspecified atom stereocenters. The summed E-state index contributed by atoms with van der Waals surface area (Å²) in [7, 11) is 0. The van der Waals surface area contributed by atoms with Gasteiger partial charge in [0.2, 0.25) is 5.88 Å². The fourth-order valence-electron chi connectivity index (χ4n) is 5.23. The number of benzene rings is 4. The first kappa shape index (κ1) is 34.9. The van der Waals surface area contributed by atoms with Gasteiger partial charge in [-0.3, -0.25) is 0 Å². The number of hydrogen-bond donors (Lipinski definition) is 1. The van der Waals surface area contributed by atoms with Gasteiger partial charge in [0.1, 0.15) is 5.69 Å². The summed E-state index contributed by atoms with van der Waals surface area (Å²) in [5, 5.41) is 36.5. The van der Waals surface area contributed by atoms with Crippen LogP contribution in [0, 0.1) is 11.8 Å². The summed E-state index contributed by atoms with van der Waals surface area (Å²) in [4.78, 5) is 15.4. The van der Waals surface area contributed by atoms with Gasteiger partial charge in [0, 0.05) is 18.5 Å². The summed E-state index contributed by atoms with van der Waals surface area (Å²) in [5.41, 5.74) is 2.57. The summed E-state index contributed by atoms with van der Waals surface area (Å²) in [6.07, 6.45) is 1.55. The third-order valence-corrected chi connectivity index (χ3v) is 7.90. The van der Waals surface area contributed by atoms with Crippen LogP contribution in [0.15, 0.2) is 111 Å². The highest BCUT2D eigenvalue weighted by Crippen LogP contribution is 2.41. The number of ether oxygens (including phenoxy) is 1. The van der Waals surface area contributed by atoms with E-state index in [4.69, 9.17) is 9.84 Å². The van der Waals surface area contributed by atoms with Gasteiger partial charge < -0.3 is 14.7 Å². The molecule has 49 heavy (non-hydrogen) atoms. The Kier molecular flexibility index (Phi) is 11.5. The monoisotopic (exact) mass is 659 g/mol. The van der Waals surface area contributed by atoms with Crippen molar-refractivity contribution in [3.8, 4) is 11.6 Å². The molecule has 5 rings (SSSR count). The minimum absolute atomic E-state index is 0.123. The molecule has 10 nitrogen and oxygen atoms in total. The van der Waals surface area contributed by atoms with E-state index in [1.807, 2.05) is 72.8 Å². The molecule has 1 heterocycles. The molecule has 0 saturated carbocycles. The van der Waals surface area contributed by atoms with Gasteiger partial charge in [0.15, 0.2) is 11.5 Å². The van der Waals surface area contributed by atoms with Gasteiger partial charge in [-0.2, -0.15) is 14.9 Å². The van der Waals surface area contributed by atoms with E-state index in [0.717, 1.165) is 42.4 Å². The Bertz CT molecular complexity index is 1910. The third-order valence-electron chi connectivity index (χ3n) is 7.90. The first-order valence-electron chi connectivity index (χ1n) is 16.9. The van der Waals surface area contributed by atoms with E-state index in [-0.39, 0.29) is 23.2 Å². The van der Waals surface area contributed by atoms with Crippen LogP contribution in [0.4, 0.5) is 28.6 Å². The van der Waals surface area contributed by atoms with Crippen molar-refractivity contribution in [2.45, 2.75) is 60.5 Å². The van der Waals surface area contributed by atoms with Gasteiger partial charge >= 0.3 is 5.97 Å². The number of rotatable bonds is 14. The Hall–Kier alpha value is -5.38. The van der Waals surface area contributed by atoms with Crippen molar-refractivity contribution in [3.05, 3.63) is 96.6 Å². The van der Waals surface area contributed by atoms with Crippen molar-refractivity contribution in [2.75, 3.05) is 18.0 Å². The largest absolute Gasteiger partial charge is 0.492 e. The topological polar surface area (TPSA) is 117 Å². The highest BCUT2D eigenvalue weighted by Gasteiger charge is 2.25. The molecule has 0 amide bonds. The zero-order valence-corrected chi connectivity index (χ0v) is 29.1. The van der Waals surface area contributed by atoms with Gasteiger partial charge in [-0.25, -0.2) is 4.79 Å². The number of aromatic nitrogens is 2. The second kappa shape index (κ2) is 16.1. The maximum atomic E-state index is 13.2. The number of hydrogen-bond acceptors (Lipinski definition) is 9. The minimum Gasteiger partial charge on any atom is -0.492 e. The van der Waals surface area contributed by atoms with E-state index in [0.29, 0.717) is 34.7 Å². The van der Waals surface area contributed by atoms with Crippen molar-refractivity contribution < 1.29 is 14.6 Å². The van der Waals surface area contributed by atoms with E-state index in [1.54, 1.807) is 36.7 Å². The lowest BCUT2D eigenvalue weighted by Gasteiger charge is -2.24. The lowest BCUT2D eigenvalue weighted by atomic mass is 10.1. The molecule has 4 aromatic carbocycles. The van der Waals surface area contributed by atoms with Crippen LogP contribution < -0.4 is 4.90 Å². The molecule has 0 aliphatic rings. The standard InChI is InChI=1S/C39H45N7O3/c1-26(2)21-23-45(24-22-27(3)4)37-36(38(47)46(44-37)35-18-12-14-29-13-10-11-17-32(29)35)43-41-31-19-20-34(33(25-31)39(48)49-28(5)6)42-40-30-15-8-7-9-16-30/h7-20,25-28,47H,21-24H2,1-6H3/b42-40+,43-41+. The maximum Gasteiger partial charge on any atom is 0.340 e. The summed E-state index contributed by atoms with van der Waals surface area (Å²) in [6.45, 7) is 13.8. The van der Waals surface area contributed by atoms with Crippen molar-refractivity contribution in [1.29, 1.82) is 0 Å². The minimum atomic E-state index is -0.546. The first-order chi connectivity index (χ1) is 23.6. The maximum absolute atomic E-state index is 13.2. The molecule has 1 N–H and O–H groups in total. The Labute approximate surface area is 288 Å². The Morgan fingerprint density at radius 3 is 2.12 bits per heavy atom. The normalized spacial score (nSPS) is 11.9. The van der Waals surface area contributed by atoms with Crippen molar-refractivity contribution in [3.63, 3.8) is 0 Å². The molecule has 1 aromatic heterocycles. The molecule has 0 aliphatic carbocycles. The molecule has 0 aliphatic heterocycles. The van der Waals surface area contributed by atoms with Crippen LogP contribution in [0.3, 0.4) is 0 Å². The van der Waals surface area contributed by atoms with Gasteiger partial charge in [-0.15, -0.1) is 15.3 Å². The van der Waals surface area contributed by atoms with E-state index in [2.05, 4.69) is 53.1 Å². The lowest BCUT2D eigenvalue weighted by Crippen LogP contribution is -2.28. The summed E-state index contributed by atoms with van der Waals surface area (Å²) in [6, 6.07) is 28.1. The summed E-state index contributed by atoms with van der Waals surface area (Å²) in [5.74, 6) is 0.823. The number of nitrogens with zero attached hydrogens (tertiary/aromatic N) is 7. The molecule has 0 spiro atoms. The average Bonchev–Trinajstić information content (AvgIpc) is 3.41. The summed E-state index contributed by atoms with van der Waals surface area (Å²) >= 11 is 0. The zero-order valence-electron chi connectivity index (χ0n) is 29.1.